The molecule has 11 rings (SSSR count). The van der Waals surface area contributed by atoms with Crippen LogP contribution in [0.5, 0.6) is 11.5 Å². The molecule has 0 unspecified atom stereocenters. The van der Waals surface area contributed by atoms with E-state index in [1.54, 1.807) is 0 Å². The number of furan rings is 1. The molecule has 66 heavy (non-hydrogen) atoms. The number of nitrogens with zero attached hydrogens (tertiary/aromatic N) is 4. The molecule has 0 fully saturated rings. The van der Waals surface area contributed by atoms with Crippen LogP contribution in [0.1, 0.15) is 79.0 Å². The Labute approximate surface area is 387 Å². The second-order valence-corrected chi connectivity index (χ2v) is 21.0. The third-order valence-electron chi connectivity index (χ3n) is 13.4. The number of anilines is 4. The van der Waals surface area contributed by atoms with E-state index in [0.717, 1.165) is 77.9 Å². The maximum Gasteiger partial charge on any atom is 0.137 e. The van der Waals surface area contributed by atoms with Gasteiger partial charge in [0.25, 0.3) is 0 Å². The van der Waals surface area contributed by atoms with Crippen LogP contribution in [0.2, 0.25) is 0 Å². The Kier molecular flexibility index (Phi) is 9.49. The van der Waals surface area contributed by atoms with E-state index in [4.69, 9.17) is 14.1 Å². The number of fused-ring (bicyclic) bond motifs is 7. The fraction of sp³-hybridized carbons (Fsp3) is 0.217. The number of benzene rings is 7. The van der Waals surface area contributed by atoms with E-state index in [1.807, 2.05) is 24.4 Å². The summed E-state index contributed by atoms with van der Waals surface area (Å²) in [5.74, 6) is 2.39. The van der Waals surface area contributed by atoms with Crippen molar-refractivity contribution in [3.8, 4) is 28.4 Å². The topological polar surface area (TPSA) is 46.7 Å². The average Bonchev–Trinajstić information content (AvgIpc) is 3.98. The molecule has 7 aromatic carbocycles. The van der Waals surface area contributed by atoms with Crippen molar-refractivity contribution in [1.82, 2.24) is 9.55 Å². The largest absolute Gasteiger partial charge is 0.457 e. The highest BCUT2D eigenvalue weighted by molar-refractivity contribution is 6.15. The second kappa shape index (κ2) is 15.1. The van der Waals surface area contributed by atoms with E-state index in [0.29, 0.717) is 6.67 Å². The van der Waals surface area contributed by atoms with Gasteiger partial charge in [0.1, 0.15) is 35.2 Å². The second-order valence-electron chi connectivity index (χ2n) is 21.0. The van der Waals surface area contributed by atoms with Gasteiger partial charge in [-0.3, -0.25) is 4.57 Å². The van der Waals surface area contributed by atoms with E-state index >= 15 is 0 Å². The van der Waals surface area contributed by atoms with Gasteiger partial charge in [0, 0.05) is 51.2 Å². The Morgan fingerprint density at radius 1 is 0.485 bits per heavy atom. The van der Waals surface area contributed by atoms with Crippen LogP contribution in [0.25, 0.3) is 60.7 Å². The Bertz CT molecular complexity index is 3480. The minimum Gasteiger partial charge on any atom is -0.457 e. The Morgan fingerprint density at radius 2 is 1.15 bits per heavy atom. The normalized spacial score (nSPS) is 13.4. The monoisotopic (exact) mass is 864 g/mol. The molecule has 0 bridgehead atoms. The molecule has 1 aliphatic heterocycles. The van der Waals surface area contributed by atoms with E-state index in [-0.39, 0.29) is 16.2 Å². The summed E-state index contributed by atoms with van der Waals surface area (Å²) in [6.07, 6.45) is 1.93. The fourth-order valence-corrected chi connectivity index (χ4v) is 9.64. The number of hydrogen-bond acceptors (Lipinski definition) is 5. The first-order valence-corrected chi connectivity index (χ1v) is 23.1. The summed E-state index contributed by atoms with van der Waals surface area (Å²) in [6.45, 7) is 21.2. The SMILES string of the molecule is CC(C)(C)c1cc(N2CN(c3cccc(Oc4ccc5c6cc(-c7cccc8oc9ccccc9c78)ccc6n(-c6cc(C(C)(C)C)ccn6)c5c4)c3)c3ccccc32)cc(C(C)(C)C)c1. The zero-order valence-electron chi connectivity index (χ0n) is 39.4. The lowest BCUT2D eigenvalue weighted by Gasteiger charge is -2.29. The molecule has 0 aliphatic carbocycles. The minimum absolute atomic E-state index is 0.0133. The van der Waals surface area contributed by atoms with Crippen LogP contribution >= 0.6 is 0 Å². The lowest BCUT2D eigenvalue weighted by atomic mass is 9.80. The first-order chi connectivity index (χ1) is 31.6. The lowest BCUT2D eigenvalue weighted by Crippen LogP contribution is -2.25. The van der Waals surface area contributed by atoms with Crippen LogP contribution in [0, 0.1) is 0 Å². The van der Waals surface area contributed by atoms with Gasteiger partial charge in [0.05, 0.1) is 22.4 Å². The van der Waals surface area contributed by atoms with E-state index in [1.165, 1.54) is 33.8 Å². The summed E-state index contributed by atoms with van der Waals surface area (Å²) in [4.78, 5) is 9.83. The van der Waals surface area contributed by atoms with Gasteiger partial charge in [0.2, 0.25) is 0 Å². The third-order valence-corrected chi connectivity index (χ3v) is 13.4. The molecule has 1 aliphatic rings. The summed E-state index contributed by atoms with van der Waals surface area (Å²) in [5.41, 5.74) is 14.7. The zero-order chi connectivity index (χ0) is 45.7. The van der Waals surface area contributed by atoms with Gasteiger partial charge in [-0.2, -0.15) is 0 Å². The van der Waals surface area contributed by atoms with Gasteiger partial charge in [-0.15, -0.1) is 0 Å². The maximum atomic E-state index is 6.85. The Morgan fingerprint density at radius 3 is 1.89 bits per heavy atom. The highest BCUT2D eigenvalue weighted by Crippen LogP contribution is 2.47. The maximum absolute atomic E-state index is 6.85. The van der Waals surface area contributed by atoms with Crippen molar-refractivity contribution in [2.24, 2.45) is 0 Å². The van der Waals surface area contributed by atoms with Crippen LogP contribution < -0.4 is 14.5 Å². The smallest absolute Gasteiger partial charge is 0.137 e. The molecule has 0 amide bonds. The Balaban J connectivity index is 0.989. The molecule has 328 valence electrons. The summed E-state index contributed by atoms with van der Waals surface area (Å²) >= 11 is 0. The first kappa shape index (κ1) is 41.4. The summed E-state index contributed by atoms with van der Waals surface area (Å²) in [7, 11) is 0. The van der Waals surface area contributed by atoms with Crippen molar-refractivity contribution in [2.45, 2.75) is 78.6 Å². The van der Waals surface area contributed by atoms with Crippen LogP contribution in [0.4, 0.5) is 22.7 Å². The number of hydrogen-bond donors (Lipinski definition) is 0. The van der Waals surface area contributed by atoms with E-state index < -0.39 is 0 Å². The summed E-state index contributed by atoms with van der Waals surface area (Å²) in [6, 6.07) is 56.6. The van der Waals surface area contributed by atoms with Gasteiger partial charge in [-0.05, 0) is 129 Å². The molecule has 0 saturated heterocycles. The molecule has 0 saturated carbocycles. The summed E-state index contributed by atoms with van der Waals surface area (Å²) < 4.78 is 15.4. The van der Waals surface area contributed by atoms with E-state index in [9.17, 15) is 0 Å². The molecule has 10 aromatic rings. The molecular weight excluding hydrogens is 809 g/mol. The van der Waals surface area contributed by atoms with Gasteiger partial charge >= 0.3 is 0 Å². The number of para-hydroxylation sites is 3. The minimum atomic E-state index is -0.0479. The summed E-state index contributed by atoms with van der Waals surface area (Å²) in [5, 5.41) is 4.51. The lowest BCUT2D eigenvalue weighted by molar-refractivity contribution is 0.483. The molecule has 4 heterocycles. The number of aromatic nitrogens is 2. The van der Waals surface area contributed by atoms with Crippen molar-refractivity contribution in [3.05, 3.63) is 181 Å². The number of rotatable bonds is 6. The fourth-order valence-electron chi connectivity index (χ4n) is 9.64. The van der Waals surface area contributed by atoms with Crippen LogP contribution in [0.15, 0.2) is 168 Å². The molecule has 6 heteroatoms. The standard InChI is InChI=1S/C60H56N4O2/c1-58(2,3)39-28-29-61-56(34-39)64-50-27-24-38(46-19-15-23-55-57(46)48-18-10-13-22-54(48)66-55)30-49(50)47-26-25-45(36-53(47)64)65-44-17-14-16-42(35-44)62-37-63(52-21-12-11-20-51(52)62)43-32-40(59(4,5)6)31-41(33-43)60(7,8)9/h10-36H,37H2,1-9H3. The van der Waals surface area contributed by atoms with Gasteiger partial charge in [0.15, 0.2) is 0 Å². The highest BCUT2D eigenvalue weighted by Gasteiger charge is 2.30. The third kappa shape index (κ3) is 7.16. The van der Waals surface area contributed by atoms with Gasteiger partial charge < -0.3 is 19.0 Å². The van der Waals surface area contributed by atoms with Crippen molar-refractivity contribution in [1.29, 1.82) is 0 Å². The molecule has 0 radical (unpaired) electrons. The number of ether oxygens (including phenoxy) is 1. The van der Waals surface area contributed by atoms with Gasteiger partial charge in [-0.1, -0.05) is 123 Å². The van der Waals surface area contributed by atoms with Crippen molar-refractivity contribution >= 4 is 66.5 Å². The zero-order valence-corrected chi connectivity index (χ0v) is 39.4. The average molecular weight is 865 g/mol. The predicted molar refractivity (Wildman–Crippen MR) is 276 cm³/mol. The highest BCUT2D eigenvalue weighted by atomic mass is 16.5. The molecule has 3 aromatic heterocycles. The molecule has 0 atom stereocenters. The first-order valence-electron chi connectivity index (χ1n) is 23.1. The van der Waals surface area contributed by atoms with Crippen molar-refractivity contribution in [2.75, 3.05) is 16.5 Å². The van der Waals surface area contributed by atoms with Crippen LogP contribution in [-0.4, -0.2) is 16.2 Å². The molecule has 6 nitrogen and oxygen atoms in total. The molecule has 0 spiro atoms. The number of pyridine rings is 1. The van der Waals surface area contributed by atoms with E-state index in [2.05, 4.69) is 216 Å². The van der Waals surface area contributed by atoms with Crippen LogP contribution in [-0.2, 0) is 16.2 Å². The van der Waals surface area contributed by atoms with Crippen molar-refractivity contribution in [3.63, 3.8) is 0 Å². The Hall–Kier alpha value is -7.31. The predicted octanol–water partition coefficient (Wildman–Crippen LogP) is 16.7. The van der Waals surface area contributed by atoms with Crippen LogP contribution in [0.3, 0.4) is 0 Å². The molecule has 0 N–H and O–H groups in total. The van der Waals surface area contributed by atoms with Crippen molar-refractivity contribution < 1.29 is 9.15 Å². The molecular formula is C60H56N4O2. The quantitative estimate of drug-likeness (QED) is 0.167. The van der Waals surface area contributed by atoms with Gasteiger partial charge in [-0.25, -0.2) is 4.98 Å².